The largest absolute Gasteiger partial charge is 0.454 e. The van der Waals surface area contributed by atoms with E-state index in [2.05, 4.69) is 21.2 Å². The Kier molecular flexibility index (Phi) is 3.84. The van der Waals surface area contributed by atoms with Gasteiger partial charge in [-0.05, 0) is 52.7 Å². The lowest BCUT2D eigenvalue weighted by Crippen LogP contribution is -2.38. The molecule has 0 fully saturated rings. The quantitative estimate of drug-likeness (QED) is 0.866. The maximum absolute atomic E-state index is 11.9. The number of nitrogens with one attached hydrogen (secondary N) is 1. The van der Waals surface area contributed by atoms with Gasteiger partial charge in [-0.25, -0.2) is 0 Å². The normalized spacial score (nSPS) is 15.4. The van der Waals surface area contributed by atoms with E-state index in [1.165, 1.54) is 0 Å². The number of benzene rings is 1. The highest BCUT2D eigenvalue weighted by atomic mass is 79.9. The van der Waals surface area contributed by atoms with E-state index in [1.54, 1.807) is 37.3 Å². The standard InChI is InChI=1S/C15H14BrNO5/c1-15(19,7-17-14(18)11-4-5-13(16)22-11)9-2-3-10-12(6-9)21-8-20-10/h2-6,19H,7-8H2,1H3,(H,17,18)/t15-/m0/s1. The summed E-state index contributed by atoms with van der Waals surface area (Å²) in [6.45, 7) is 1.82. The first-order chi connectivity index (χ1) is 10.5. The molecule has 3 rings (SSSR count). The van der Waals surface area contributed by atoms with E-state index in [-0.39, 0.29) is 19.1 Å². The molecule has 0 saturated carbocycles. The molecule has 0 aliphatic carbocycles. The van der Waals surface area contributed by atoms with Crippen LogP contribution < -0.4 is 14.8 Å². The minimum atomic E-state index is -1.25. The number of carbonyl (C=O) groups excluding carboxylic acids is 1. The average molecular weight is 368 g/mol. The van der Waals surface area contributed by atoms with Crippen molar-refractivity contribution in [3.05, 3.63) is 46.3 Å². The number of hydrogen-bond acceptors (Lipinski definition) is 5. The third-order valence-electron chi connectivity index (χ3n) is 3.38. The highest BCUT2D eigenvalue weighted by Crippen LogP contribution is 2.35. The molecular weight excluding hydrogens is 354 g/mol. The number of fused-ring (bicyclic) bond motifs is 1. The second-order valence-corrected chi connectivity index (χ2v) is 5.91. The summed E-state index contributed by atoms with van der Waals surface area (Å²) in [6, 6.07) is 8.36. The molecule has 0 unspecified atom stereocenters. The van der Waals surface area contributed by atoms with Gasteiger partial charge < -0.3 is 24.3 Å². The Bertz CT molecular complexity index is 710. The molecule has 0 bridgehead atoms. The van der Waals surface area contributed by atoms with E-state index in [9.17, 15) is 9.90 Å². The lowest BCUT2D eigenvalue weighted by atomic mass is 9.95. The van der Waals surface area contributed by atoms with Crippen LogP contribution in [0, 0.1) is 0 Å². The third-order valence-corrected chi connectivity index (χ3v) is 3.81. The van der Waals surface area contributed by atoms with Crippen LogP contribution >= 0.6 is 15.9 Å². The molecule has 1 aliphatic heterocycles. The number of amides is 1. The summed E-state index contributed by atoms with van der Waals surface area (Å²) < 4.78 is 16.2. The van der Waals surface area contributed by atoms with Crippen LogP contribution in [0.4, 0.5) is 0 Å². The van der Waals surface area contributed by atoms with Gasteiger partial charge in [0, 0.05) is 0 Å². The number of carbonyl (C=O) groups is 1. The van der Waals surface area contributed by atoms with Crippen LogP contribution in [0.2, 0.25) is 0 Å². The van der Waals surface area contributed by atoms with Gasteiger partial charge in [-0.2, -0.15) is 0 Å². The van der Waals surface area contributed by atoms with Gasteiger partial charge in [-0.3, -0.25) is 4.79 Å². The number of furan rings is 1. The number of hydrogen-bond donors (Lipinski definition) is 2. The van der Waals surface area contributed by atoms with Crippen LogP contribution in [-0.2, 0) is 5.60 Å². The van der Waals surface area contributed by atoms with Crippen LogP contribution in [0.1, 0.15) is 23.0 Å². The summed E-state index contributed by atoms with van der Waals surface area (Å²) in [6.07, 6.45) is 0. The van der Waals surface area contributed by atoms with E-state index in [0.717, 1.165) is 0 Å². The molecule has 2 heterocycles. The third kappa shape index (κ3) is 2.95. The van der Waals surface area contributed by atoms with Crippen molar-refractivity contribution in [1.82, 2.24) is 5.32 Å². The van der Waals surface area contributed by atoms with Crippen LogP contribution in [0.5, 0.6) is 11.5 Å². The molecule has 1 aromatic carbocycles. The van der Waals surface area contributed by atoms with Crippen LogP contribution in [0.3, 0.4) is 0 Å². The Balaban J connectivity index is 1.69. The van der Waals surface area contributed by atoms with Gasteiger partial charge in [0.05, 0.1) is 6.54 Å². The predicted octanol–water partition coefficient (Wildman–Crippen LogP) is 2.41. The molecule has 0 saturated heterocycles. The zero-order chi connectivity index (χ0) is 15.7. The smallest absolute Gasteiger partial charge is 0.287 e. The minimum Gasteiger partial charge on any atom is -0.454 e. The molecule has 1 aliphatic rings. The van der Waals surface area contributed by atoms with Crippen molar-refractivity contribution in [1.29, 1.82) is 0 Å². The van der Waals surface area contributed by atoms with Gasteiger partial charge in [0.1, 0.15) is 5.60 Å². The fraction of sp³-hybridized carbons (Fsp3) is 0.267. The zero-order valence-electron chi connectivity index (χ0n) is 11.8. The molecule has 2 N–H and O–H groups in total. The monoisotopic (exact) mass is 367 g/mol. The van der Waals surface area contributed by atoms with Crippen LogP contribution in [0.25, 0.3) is 0 Å². The van der Waals surface area contributed by atoms with Crippen molar-refractivity contribution >= 4 is 21.8 Å². The van der Waals surface area contributed by atoms with Crippen molar-refractivity contribution in [3.63, 3.8) is 0 Å². The van der Waals surface area contributed by atoms with Crippen molar-refractivity contribution in [2.45, 2.75) is 12.5 Å². The predicted molar refractivity (Wildman–Crippen MR) is 80.9 cm³/mol. The topological polar surface area (TPSA) is 80.9 Å². The van der Waals surface area contributed by atoms with Gasteiger partial charge in [0.15, 0.2) is 21.9 Å². The van der Waals surface area contributed by atoms with Gasteiger partial charge in [0.25, 0.3) is 5.91 Å². The van der Waals surface area contributed by atoms with Crippen molar-refractivity contribution in [3.8, 4) is 11.5 Å². The molecule has 1 aromatic heterocycles. The second kappa shape index (κ2) is 5.66. The Labute approximate surface area is 135 Å². The molecule has 0 spiro atoms. The van der Waals surface area contributed by atoms with E-state index < -0.39 is 11.5 Å². The number of rotatable bonds is 4. The SMILES string of the molecule is C[C@](O)(CNC(=O)c1ccc(Br)o1)c1ccc2c(c1)OCO2. The molecule has 1 amide bonds. The fourth-order valence-electron chi connectivity index (χ4n) is 2.11. The molecule has 6 nitrogen and oxygen atoms in total. The number of aliphatic hydroxyl groups is 1. The van der Waals surface area contributed by atoms with Crippen LogP contribution in [-0.4, -0.2) is 24.4 Å². The van der Waals surface area contributed by atoms with E-state index in [0.29, 0.717) is 21.7 Å². The molecule has 1 atom stereocenters. The molecule has 22 heavy (non-hydrogen) atoms. The number of ether oxygens (including phenoxy) is 2. The minimum absolute atomic E-state index is 0.0315. The number of halogens is 1. The summed E-state index contributed by atoms with van der Waals surface area (Å²) in [4.78, 5) is 11.9. The Hall–Kier alpha value is -1.99. The van der Waals surface area contributed by atoms with Crippen molar-refractivity contribution in [2.24, 2.45) is 0 Å². The summed E-state index contributed by atoms with van der Waals surface area (Å²) in [7, 11) is 0. The highest BCUT2D eigenvalue weighted by molar-refractivity contribution is 9.10. The molecular formula is C15H14BrNO5. The van der Waals surface area contributed by atoms with Gasteiger partial charge in [-0.1, -0.05) is 6.07 Å². The Morgan fingerprint density at radius 3 is 2.82 bits per heavy atom. The van der Waals surface area contributed by atoms with E-state index in [4.69, 9.17) is 13.9 Å². The summed E-state index contributed by atoms with van der Waals surface area (Å²) in [5, 5.41) is 13.2. The van der Waals surface area contributed by atoms with Gasteiger partial charge in [0.2, 0.25) is 6.79 Å². The Morgan fingerprint density at radius 2 is 2.09 bits per heavy atom. The fourth-order valence-corrected chi connectivity index (χ4v) is 2.42. The maximum Gasteiger partial charge on any atom is 0.287 e. The summed E-state index contributed by atoms with van der Waals surface area (Å²) in [5.74, 6) is 1.00. The van der Waals surface area contributed by atoms with E-state index >= 15 is 0 Å². The van der Waals surface area contributed by atoms with Crippen molar-refractivity contribution in [2.75, 3.05) is 13.3 Å². The molecule has 0 radical (unpaired) electrons. The lowest BCUT2D eigenvalue weighted by Gasteiger charge is -2.24. The van der Waals surface area contributed by atoms with Crippen molar-refractivity contribution < 1.29 is 23.8 Å². The Morgan fingerprint density at radius 1 is 1.32 bits per heavy atom. The maximum atomic E-state index is 11.9. The first-order valence-corrected chi connectivity index (χ1v) is 7.41. The molecule has 7 heteroatoms. The second-order valence-electron chi connectivity index (χ2n) is 5.13. The first kappa shape index (κ1) is 14.9. The molecule has 116 valence electrons. The van der Waals surface area contributed by atoms with E-state index in [1.807, 2.05) is 0 Å². The first-order valence-electron chi connectivity index (χ1n) is 6.62. The summed E-state index contributed by atoms with van der Waals surface area (Å²) >= 11 is 3.13. The average Bonchev–Trinajstić information content (AvgIpc) is 3.12. The zero-order valence-corrected chi connectivity index (χ0v) is 13.3. The van der Waals surface area contributed by atoms with Gasteiger partial charge >= 0.3 is 0 Å². The lowest BCUT2D eigenvalue weighted by molar-refractivity contribution is 0.0517. The highest BCUT2D eigenvalue weighted by Gasteiger charge is 2.27. The van der Waals surface area contributed by atoms with Crippen LogP contribution in [0.15, 0.2) is 39.4 Å². The summed E-state index contributed by atoms with van der Waals surface area (Å²) in [5.41, 5.74) is -0.627. The molecule has 2 aromatic rings. The van der Waals surface area contributed by atoms with Gasteiger partial charge in [-0.15, -0.1) is 0 Å².